The zero-order chi connectivity index (χ0) is 24.9. The molecular formula is C28H29FN6O2. The van der Waals surface area contributed by atoms with Gasteiger partial charge < -0.3 is 25.4 Å². The number of aromatic hydroxyl groups is 1. The van der Waals surface area contributed by atoms with Gasteiger partial charge in [-0.25, -0.2) is 4.39 Å². The molecule has 37 heavy (non-hydrogen) atoms. The van der Waals surface area contributed by atoms with Crippen molar-refractivity contribution in [1.82, 2.24) is 25.6 Å². The average molecular weight is 501 g/mol. The lowest BCUT2D eigenvalue weighted by Crippen LogP contribution is -2.51. The number of nitrogens with one attached hydrogen (secondary N) is 2. The molecule has 4 aromatic rings. The van der Waals surface area contributed by atoms with Crippen LogP contribution in [-0.2, 0) is 0 Å². The van der Waals surface area contributed by atoms with E-state index in [-0.39, 0.29) is 29.0 Å². The summed E-state index contributed by atoms with van der Waals surface area (Å²) in [5.41, 5.74) is 0.851. The number of rotatable bonds is 5. The second-order valence-corrected chi connectivity index (χ2v) is 10.4. The number of fused-ring (bicyclic) bond motifs is 4. The summed E-state index contributed by atoms with van der Waals surface area (Å²) in [6.07, 6.45) is 6.07. The zero-order valence-corrected chi connectivity index (χ0v) is 20.5. The molecule has 0 saturated carbocycles. The lowest BCUT2D eigenvalue weighted by molar-refractivity contribution is 0.258. The van der Waals surface area contributed by atoms with E-state index in [1.165, 1.54) is 0 Å². The average Bonchev–Trinajstić information content (AvgIpc) is 3.56. The van der Waals surface area contributed by atoms with Crippen molar-refractivity contribution in [2.24, 2.45) is 0 Å². The first-order valence-corrected chi connectivity index (χ1v) is 13.1. The number of phenolic OH excluding ortho intramolecular Hbond substituents is 1. The van der Waals surface area contributed by atoms with Crippen LogP contribution in [0.1, 0.15) is 25.7 Å². The molecular weight excluding hydrogens is 471 g/mol. The van der Waals surface area contributed by atoms with Crippen LogP contribution < -0.4 is 20.3 Å². The molecule has 0 radical (unpaired) electrons. The van der Waals surface area contributed by atoms with Crippen LogP contribution in [0, 0.1) is 5.82 Å². The van der Waals surface area contributed by atoms with Gasteiger partial charge in [-0.2, -0.15) is 9.97 Å². The molecule has 3 N–H and O–H groups in total. The quantitative estimate of drug-likeness (QED) is 0.381. The highest BCUT2D eigenvalue weighted by Crippen LogP contribution is 2.37. The number of hydrogen-bond acceptors (Lipinski definition) is 8. The van der Waals surface area contributed by atoms with Crippen molar-refractivity contribution < 1.29 is 14.2 Å². The van der Waals surface area contributed by atoms with Crippen molar-refractivity contribution in [3.8, 4) is 23.0 Å². The molecule has 3 aliphatic heterocycles. The molecule has 8 nitrogen and oxygen atoms in total. The Balaban J connectivity index is 1.36. The lowest BCUT2D eigenvalue weighted by Gasteiger charge is -2.34. The standard InChI is InChI=1S/C28H29FN6O2/c29-24-25(22-11-20(36)10-16-4-1-2-6-21(16)22)31-12-23-26(24)33-28(37-15-19-5-3-9-30-19)34-27(23)35-13-17-7-8-18(14-35)32-17/h1-2,4,6,10-12,17-19,30,32,36H,3,5,7-9,13-15H2/t17-,18+,19-/m0/s1. The number of phenols is 1. The van der Waals surface area contributed by atoms with Crippen LogP contribution in [0.25, 0.3) is 32.9 Å². The summed E-state index contributed by atoms with van der Waals surface area (Å²) in [6, 6.07) is 12.0. The minimum absolute atomic E-state index is 0.0581. The van der Waals surface area contributed by atoms with E-state index in [0.717, 1.165) is 56.1 Å². The molecule has 0 aliphatic carbocycles. The molecule has 5 heterocycles. The Morgan fingerprint density at radius 3 is 2.70 bits per heavy atom. The number of benzene rings is 2. The number of nitrogens with zero attached hydrogens (tertiary/aromatic N) is 4. The van der Waals surface area contributed by atoms with E-state index in [1.807, 2.05) is 24.3 Å². The summed E-state index contributed by atoms with van der Waals surface area (Å²) in [4.78, 5) is 16.1. The molecule has 0 unspecified atom stereocenters. The molecule has 3 aliphatic rings. The van der Waals surface area contributed by atoms with Crippen molar-refractivity contribution in [2.75, 3.05) is 31.1 Å². The molecule has 2 aromatic heterocycles. The second kappa shape index (κ2) is 9.08. The van der Waals surface area contributed by atoms with Crippen LogP contribution in [0.15, 0.2) is 42.6 Å². The summed E-state index contributed by atoms with van der Waals surface area (Å²) >= 11 is 0. The number of ether oxygens (including phenoxy) is 1. The van der Waals surface area contributed by atoms with Crippen molar-refractivity contribution in [3.05, 3.63) is 48.4 Å². The van der Waals surface area contributed by atoms with E-state index in [9.17, 15) is 5.11 Å². The maximum absolute atomic E-state index is 16.3. The fourth-order valence-corrected chi connectivity index (χ4v) is 6.05. The third-order valence-corrected chi connectivity index (χ3v) is 7.84. The molecule has 3 saturated heterocycles. The van der Waals surface area contributed by atoms with Gasteiger partial charge in [-0.05, 0) is 55.1 Å². The van der Waals surface area contributed by atoms with Crippen LogP contribution in [-0.4, -0.2) is 64.4 Å². The molecule has 7 rings (SSSR count). The minimum atomic E-state index is -0.543. The van der Waals surface area contributed by atoms with Gasteiger partial charge in [0.2, 0.25) is 0 Å². The highest BCUT2D eigenvalue weighted by Gasteiger charge is 2.34. The highest BCUT2D eigenvalue weighted by atomic mass is 19.1. The molecule has 3 atom stereocenters. The first kappa shape index (κ1) is 22.6. The Morgan fingerprint density at radius 2 is 1.89 bits per heavy atom. The Morgan fingerprint density at radius 1 is 1.05 bits per heavy atom. The summed E-state index contributed by atoms with van der Waals surface area (Å²) in [5.74, 6) is 0.179. The summed E-state index contributed by atoms with van der Waals surface area (Å²) in [6.45, 7) is 3.01. The van der Waals surface area contributed by atoms with Crippen molar-refractivity contribution in [1.29, 1.82) is 0 Å². The Hall–Kier alpha value is -3.56. The summed E-state index contributed by atoms with van der Waals surface area (Å²) in [5, 5.41) is 19.6. The molecule has 190 valence electrons. The first-order valence-electron chi connectivity index (χ1n) is 13.1. The first-order chi connectivity index (χ1) is 18.1. The van der Waals surface area contributed by atoms with E-state index in [4.69, 9.17) is 9.72 Å². The molecule has 0 amide bonds. The third-order valence-electron chi connectivity index (χ3n) is 7.84. The molecule has 0 spiro atoms. The van der Waals surface area contributed by atoms with Gasteiger partial charge in [0.25, 0.3) is 0 Å². The van der Waals surface area contributed by atoms with Crippen LogP contribution in [0.3, 0.4) is 0 Å². The Bertz CT molecular complexity index is 1480. The Labute approximate surface area is 213 Å². The van der Waals surface area contributed by atoms with Crippen LogP contribution in [0.2, 0.25) is 0 Å². The smallest absolute Gasteiger partial charge is 0.319 e. The molecule has 3 fully saturated rings. The number of piperazine rings is 1. The SMILES string of the molecule is Oc1cc(-c2ncc3c(N4C[C@H]5CC[C@@H](C4)N5)nc(OC[C@@H]4CCCN4)nc3c2F)c2ccccc2c1. The van der Waals surface area contributed by atoms with E-state index in [2.05, 4.69) is 25.5 Å². The number of pyridine rings is 1. The van der Waals surface area contributed by atoms with Gasteiger partial charge in [-0.15, -0.1) is 0 Å². The number of anilines is 1. The van der Waals surface area contributed by atoms with Crippen molar-refractivity contribution in [2.45, 2.75) is 43.8 Å². The summed E-state index contributed by atoms with van der Waals surface area (Å²) in [7, 11) is 0. The minimum Gasteiger partial charge on any atom is -0.508 e. The fourth-order valence-electron chi connectivity index (χ4n) is 6.05. The number of aromatic nitrogens is 3. The van der Waals surface area contributed by atoms with Crippen LogP contribution in [0.5, 0.6) is 11.8 Å². The Kier molecular flexibility index (Phi) is 5.55. The van der Waals surface area contributed by atoms with Crippen molar-refractivity contribution in [3.63, 3.8) is 0 Å². The predicted molar refractivity (Wildman–Crippen MR) is 141 cm³/mol. The maximum atomic E-state index is 16.3. The van der Waals surface area contributed by atoms with E-state index >= 15 is 4.39 Å². The highest BCUT2D eigenvalue weighted by molar-refractivity contribution is 5.99. The maximum Gasteiger partial charge on any atom is 0.319 e. The second-order valence-electron chi connectivity index (χ2n) is 10.4. The zero-order valence-electron chi connectivity index (χ0n) is 20.5. The van der Waals surface area contributed by atoms with Crippen molar-refractivity contribution >= 4 is 27.5 Å². The van der Waals surface area contributed by atoms with Gasteiger partial charge >= 0.3 is 6.01 Å². The monoisotopic (exact) mass is 500 g/mol. The fraction of sp³-hybridized carbons (Fsp3) is 0.393. The summed E-state index contributed by atoms with van der Waals surface area (Å²) < 4.78 is 22.4. The lowest BCUT2D eigenvalue weighted by atomic mass is 10.0. The van der Waals surface area contributed by atoms with Gasteiger partial charge in [0.1, 0.15) is 29.4 Å². The van der Waals surface area contributed by atoms with Crippen LogP contribution in [0.4, 0.5) is 10.2 Å². The molecule has 9 heteroatoms. The normalized spacial score (nSPS) is 23.3. The number of hydrogen-bond donors (Lipinski definition) is 3. The van der Waals surface area contributed by atoms with E-state index in [0.29, 0.717) is 35.5 Å². The van der Waals surface area contributed by atoms with Gasteiger partial charge in [0.05, 0.1) is 5.39 Å². The van der Waals surface area contributed by atoms with Crippen LogP contribution >= 0.6 is 0 Å². The largest absolute Gasteiger partial charge is 0.508 e. The van der Waals surface area contributed by atoms with Gasteiger partial charge in [0, 0.05) is 43.0 Å². The topological polar surface area (TPSA) is 95.4 Å². The van der Waals surface area contributed by atoms with E-state index in [1.54, 1.807) is 18.3 Å². The predicted octanol–water partition coefficient (Wildman–Crippen LogP) is 3.76. The van der Waals surface area contributed by atoms with E-state index < -0.39 is 5.82 Å². The van der Waals surface area contributed by atoms with Gasteiger partial charge in [-0.1, -0.05) is 24.3 Å². The van der Waals surface area contributed by atoms with Gasteiger partial charge in [-0.3, -0.25) is 4.98 Å². The molecule has 2 bridgehead atoms. The third kappa shape index (κ3) is 4.12. The number of halogens is 1. The molecule has 2 aromatic carbocycles. The van der Waals surface area contributed by atoms with Gasteiger partial charge in [0.15, 0.2) is 5.82 Å².